The van der Waals surface area contributed by atoms with E-state index in [1.807, 2.05) is 0 Å². The normalized spacial score (nSPS) is 20.4. The molecule has 3 N–H and O–H groups in total. The van der Waals surface area contributed by atoms with E-state index in [-0.39, 0.29) is 42.3 Å². The first-order chi connectivity index (χ1) is 11.4. The van der Waals surface area contributed by atoms with Gasteiger partial charge in [0, 0.05) is 12.3 Å². The quantitative estimate of drug-likeness (QED) is 0.741. The van der Waals surface area contributed by atoms with Crippen molar-refractivity contribution in [2.24, 2.45) is 11.7 Å². The number of nitrogens with one attached hydrogen (secondary N) is 1. The summed E-state index contributed by atoms with van der Waals surface area (Å²) >= 11 is 0. The molecule has 0 aromatic heterocycles. The predicted molar refractivity (Wildman–Crippen MR) is 99.9 cm³/mol. The third kappa shape index (κ3) is 6.84. The van der Waals surface area contributed by atoms with Crippen LogP contribution in [0.25, 0.3) is 0 Å². The van der Waals surface area contributed by atoms with Crippen LogP contribution in [-0.4, -0.2) is 39.8 Å². The van der Waals surface area contributed by atoms with Crippen LogP contribution in [0.1, 0.15) is 32.1 Å². The Balaban J connectivity index is 0.00000312. The zero-order valence-corrected chi connectivity index (χ0v) is 16.1. The average Bonchev–Trinajstić information content (AvgIpc) is 2.55. The molecule has 1 saturated carbocycles. The summed E-state index contributed by atoms with van der Waals surface area (Å²) in [6, 6.07) is 6.36. The van der Waals surface area contributed by atoms with Gasteiger partial charge in [0.15, 0.2) is 9.84 Å². The zero-order chi connectivity index (χ0) is 17.6. The van der Waals surface area contributed by atoms with Gasteiger partial charge in [-0.25, -0.2) is 8.42 Å². The lowest BCUT2D eigenvalue weighted by atomic mass is 9.84. The van der Waals surface area contributed by atoms with Gasteiger partial charge < -0.3 is 15.8 Å². The van der Waals surface area contributed by atoms with Crippen molar-refractivity contribution in [3.63, 3.8) is 0 Å². The van der Waals surface area contributed by atoms with E-state index in [4.69, 9.17) is 10.5 Å². The van der Waals surface area contributed by atoms with Crippen molar-refractivity contribution in [3.8, 4) is 5.75 Å². The summed E-state index contributed by atoms with van der Waals surface area (Å²) in [6.45, 7) is 0.859. The summed E-state index contributed by atoms with van der Waals surface area (Å²) in [7, 11) is -3.21. The Morgan fingerprint density at radius 2 is 1.88 bits per heavy atom. The Morgan fingerprint density at radius 1 is 1.24 bits per heavy atom. The number of carbonyl (C=O) groups is 1. The minimum Gasteiger partial charge on any atom is -0.493 e. The van der Waals surface area contributed by atoms with Crippen LogP contribution >= 0.6 is 12.4 Å². The van der Waals surface area contributed by atoms with Crippen molar-refractivity contribution < 1.29 is 17.9 Å². The molecular weight excluding hydrogens is 364 g/mol. The summed E-state index contributed by atoms with van der Waals surface area (Å²) < 4.78 is 28.3. The number of rotatable bonds is 7. The van der Waals surface area contributed by atoms with Crippen LogP contribution in [0.3, 0.4) is 0 Å². The fourth-order valence-electron chi connectivity index (χ4n) is 3.00. The number of hydrogen-bond donors (Lipinski definition) is 2. The first-order valence-corrected chi connectivity index (χ1v) is 10.2. The molecule has 2 atom stereocenters. The Morgan fingerprint density at radius 3 is 2.48 bits per heavy atom. The lowest BCUT2D eigenvalue weighted by Gasteiger charge is -2.31. The third-order valence-corrected chi connectivity index (χ3v) is 5.54. The van der Waals surface area contributed by atoms with E-state index >= 15 is 0 Å². The molecule has 1 aliphatic carbocycles. The SMILES string of the molecule is CS(=O)(=O)c1ccc(OCCC(=O)NC2CCCCC2CN)cc1.Cl. The molecule has 2 unspecified atom stereocenters. The predicted octanol–water partition coefficient (Wildman–Crippen LogP) is 1.91. The second-order valence-electron chi connectivity index (χ2n) is 6.30. The fourth-order valence-corrected chi connectivity index (χ4v) is 3.63. The highest BCUT2D eigenvalue weighted by atomic mass is 35.5. The van der Waals surface area contributed by atoms with Crippen LogP contribution in [-0.2, 0) is 14.6 Å². The molecule has 1 aliphatic rings. The molecule has 0 aliphatic heterocycles. The van der Waals surface area contributed by atoms with Gasteiger partial charge in [-0.15, -0.1) is 12.4 Å². The maximum absolute atomic E-state index is 12.0. The minimum absolute atomic E-state index is 0. The largest absolute Gasteiger partial charge is 0.493 e. The minimum atomic E-state index is -3.21. The molecule has 142 valence electrons. The maximum atomic E-state index is 12.0. The van der Waals surface area contributed by atoms with Crippen LogP contribution in [0.15, 0.2) is 29.2 Å². The molecule has 1 aromatic carbocycles. The Bertz CT molecular complexity index is 649. The number of benzene rings is 1. The topological polar surface area (TPSA) is 98.5 Å². The van der Waals surface area contributed by atoms with E-state index in [2.05, 4.69) is 5.32 Å². The van der Waals surface area contributed by atoms with Crippen molar-refractivity contribution in [2.45, 2.75) is 43.0 Å². The summed E-state index contributed by atoms with van der Waals surface area (Å²) in [6.07, 6.45) is 5.80. The van der Waals surface area contributed by atoms with Crippen LogP contribution in [0.2, 0.25) is 0 Å². The number of amides is 1. The van der Waals surface area contributed by atoms with E-state index in [9.17, 15) is 13.2 Å². The Hall–Kier alpha value is -1.31. The summed E-state index contributed by atoms with van der Waals surface area (Å²) in [5, 5.41) is 3.06. The molecule has 0 bridgehead atoms. The lowest BCUT2D eigenvalue weighted by molar-refractivity contribution is -0.122. The van der Waals surface area contributed by atoms with E-state index in [1.165, 1.54) is 18.6 Å². The molecule has 2 rings (SSSR count). The third-order valence-electron chi connectivity index (χ3n) is 4.41. The van der Waals surface area contributed by atoms with Crippen LogP contribution in [0.5, 0.6) is 5.75 Å². The van der Waals surface area contributed by atoms with Gasteiger partial charge in [0.25, 0.3) is 0 Å². The molecule has 1 aromatic rings. The highest BCUT2D eigenvalue weighted by molar-refractivity contribution is 7.90. The number of sulfone groups is 1. The monoisotopic (exact) mass is 390 g/mol. The van der Waals surface area contributed by atoms with Crippen LogP contribution < -0.4 is 15.8 Å². The van der Waals surface area contributed by atoms with E-state index in [1.54, 1.807) is 12.1 Å². The van der Waals surface area contributed by atoms with Crippen LogP contribution in [0.4, 0.5) is 0 Å². The van der Waals surface area contributed by atoms with E-state index in [0.29, 0.717) is 18.2 Å². The van der Waals surface area contributed by atoms with Gasteiger partial charge in [-0.3, -0.25) is 4.79 Å². The number of ether oxygens (including phenoxy) is 1. The number of nitrogens with two attached hydrogens (primary N) is 1. The molecule has 25 heavy (non-hydrogen) atoms. The zero-order valence-electron chi connectivity index (χ0n) is 14.4. The molecular formula is C17H27ClN2O4S. The maximum Gasteiger partial charge on any atom is 0.223 e. The molecule has 0 saturated heterocycles. The number of hydrogen-bond acceptors (Lipinski definition) is 5. The van der Waals surface area contributed by atoms with Gasteiger partial charge in [-0.1, -0.05) is 12.8 Å². The smallest absolute Gasteiger partial charge is 0.223 e. The Labute approximate surface area is 155 Å². The van der Waals surface area contributed by atoms with Crippen molar-refractivity contribution in [3.05, 3.63) is 24.3 Å². The van der Waals surface area contributed by atoms with Gasteiger partial charge in [-0.2, -0.15) is 0 Å². The van der Waals surface area contributed by atoms with Gasteiger partial charge >= 0.3 is 0 Å². The van der Waals surface area contributed by atoms with Crippen LogP contribution in [0, 0.1) is 5.92 Å². The highest BCUT2D eigenvalue weighted by Gasteiger charge is 2.25. The Kier molecular flexibility index (Phi) is 8.68. The van der Waals surface area contributed by atoms with Gasteiger partial charge in [0.2, 0.25) is 5.91 Å². The second kappa shape index (κ2) is 9.99. The molecule has 0 radical (unpaired) electrons. The summed E-state index contributed by atoms with van der Waals surface area (Å²) in [5.74, 6) is 0.882. The fraction of sp³-hybridized carbons (Fsp3) is 0.588. The molecule has 0 spiro atoms. The first-order valence-electron chi connectivity index (χ1n) is 8.32. The number of carbonyl (C=O) groups excluding carboxylic acids is 1. The van der Waals surface area contributed by atoms with Gasteiger partial charge in [0.05, 0.1) is 17.9 Å². The molecule has 8 heteroatoms. The highest BCUT2D eigenvalue weighted by Crippen LogP contribution is 2.23. The van der Waals surface area contributed by atoms with Crippen molar-refractivity contribution >= 4 is 28.2 Å². The summed E-state index contributed by atoms with van der Waals surface area (Å²) in [5.41, 5.74) is 5.77. The van der Waals surface area contributed by atoms with E-state index in [0.717, 1.165) is 25.5 Å². The second-order valence-corrected chi connectivity index (χ2v) is 8.31. The molecule has 6 nitrogen and oxygen atoms in total. The van der Waals surface area contributed by atoms with Crippen molar-refractivity contribution in [1.82, 2.24) is 5.32 Å². The molecule has 0 heterocycles. The van der Waals surface area contributed by atoms with Crippen molar-refractivity contribution in [1.29, 1.82) is 0 Å². The lowest BCUT2D eigenvalue weighted by Crippen LogP contribution is -2.45. The van der Waals surface area contributed by atoms with Gasteiger partial charge in [-0.05, 0) is 49.6 Å². The molecule has 1 amide bonds. The average molecular weight is 391 g/mol. The number of halogens is 1. The summed E-state index contributed by atoms with van der Waals surface area (Å²) in [4.78, 5) is 12.3. The van der Waals surface area contributed by atoms with Crippen molar-refractivity contribution in [2.75, 3.05) is 19.4 Å². The van der Waals surface area contributed by atoms with Gasteiger partial charge in [0.1, 0.15) is 5.75 Å². The molecule has 1 fully saturated rings. The first kappa shape index (κ1) is 21.7. The standard InChI is InChI=1S/C17H26N2O4S.ClH/c1-24(21,22)15-8-6-14(7-9-15)23-11-10-17(20)19-16-5-3-2-4-13(16)12-18;/h6-9,13,16H,2-5,10-12,18H2,1H3,(H,19,20);1H. The van der Waals surface area contributed by atoms with E-state index < -0.39 is 9.84 Å².